The molecule has 3 rings (SSSR count). The van der Waals surface area contributed by atoms with E-state index in [1.54, 1.807) is 13.1 Å². The summed E-state index contributed by atoms with van der Waals surface area (Å²) in [6.07, 6.45) is 1.50. The van der Waals surface area contributed by atoms with Gasteiger partial charge in [0.1, 0.15) is 5.82 Å². The lowest BCUT2D eigenvalue weighted by Gasteiger charge is -2.06. The first-order valence-corrected chi connectivity index (χ1v) is 5.88. The smallest absolute Gasteiger partial charge is 0.279 e. The second-order valence-electron chi connectivity index (χ2n) is 4.22. The highest BCUT2D eigenvalue weighted by Gasteiger charge is 2.04. The van der Waals surface area contributed by atoms with Gasteiger partial charge >= 0.3 is 0 Å². The summed E-state index contributed by atoms with van der Waals surface area (Å²) in [6.45, 7) is 0. The number of nitrogens with zero attached hydrogens (tertiary/aromatic N) is 3. The molecule has 0 amide bonds. The van der Waals surface area contributed by atoms with Crippen LogP contribution in [0.2, 0.25) is 0 Å². The second kappa shape index (κ2) is 4.53. The number of benzene rings is 1. The monoisotopic (exact) mass is 252 g/mol. The fourth-order valence-electron chi connectivity index (χ4n) is 1.82. The minimum absolute atomic E-state index is 0.151. The molecule has 2 aromatic heterocycles. The second-order valence-corrected chi connectivity index (χ2v) is 4.22. The molecule has 2 heterocycles. The van der Waals surface area contributed by atoms with Crippen LogP contribution in [0.3, 0.4) is 0 Å². The van der Waals surface area contributed by atoms with Gasteiger partial charge < -0.3 is 9.88 Å². The number of aryl methyl sites for hydroxylation is 1. The molecule has 5 nitrogen and oxygen atoms in total. The maximum absolute atomic E-state index is 12.0. The number of pyridine rings is 1. The summed E-state index contributed by atoms with van der Waals surface area (Å²) in [5.74, 6) is 0.629. The Morgan fingerprint density at radius 3 is 2.68 bits per heavy atom. The largest absolute Gasteiger partial charge is 0.340 e. The van der Waals surface area contributed by atoms with Crippen LogP contribution < -0.4 is 10.9 Å². The number of hydrogen-bond donors (Lipinski definition) is 1. The van der Waals surface area contributed by atoms with Gasteiger partial charge in [0.25, 0.3) is 5.56 Å². The average Bonchev–Trinajstić information content (AvgIpc) is 2.45. The third kappa shape index (κ3) is 2.18. The highest BCUT2D eigenvalue weighted by molar-refractivity contribution is 5.75. The van der Waals surface area contributed by atoms with Gasteiger partial charge in [-0.05, 0) is 24.3 Å². The van der Waals surface area contributed by atoms with E-state index < -0.39 is 0 Å². The standard InChI is InChI=1S/C14H12N4O/c1-18-9-15-11-7-8-12(17-13(11)14(18)19)16-10-5-3-2-4-6-10/h2-9H,1H3,(H,16,17). The molecule has 0 atom stereocenters. The zero-order valence-corrected chi connectivity index (χ0v) is 10.4. The predicted molar refractivity (Wildman–Crippen MR) is 74.5 cm³/mol. The molecule has 94 valence electrons. The molecule has 0 saturated heterocycles. The summed E-state index contributed by atoms with van der Waals surface area (Å²) in [4.78, 5) is 20.5. The maximum Gasteiger partial charge on any atom is 0.279 e. The number of hydrogen-bond acceptors (Lipinski definition) is 4. The van der Waals surface area contributed by atoms with Crippen LogP contribution in [0.5, 0.6) is 0 Å². The van der Waals surface area contributed by atoms with Crippen molar-refractivity contribution in [3.8, 4) is 0 Å². The average molecular weight is 252 g/mol. The molecule has 0 unspecified atom stereocenters. The number of rotatable bonds is 2. The van der Waals surface area contributed by atoms with Crippen molar-refractivity contribution in [1.82, 2.24) is 14.5 Å². The number of fused-ring (bicyclic) bond motifs is 1. The van der Waals surface area contributed by atoms with Gasteiger partial charge in [-0.3, -0.25) is 4.79 Å². The van der Waals surface area contributed by atoms with E-state index in [0.29, 0.717) is 16.9 Å². The number of aromatic nitrogens is 3. The highest BCUT2D eigenvalue weighted by Crippen LogP contribution is 2.15. The molecule has 0 fully saturated rings. The van der Waals surface area contributed by atoms with Crippen molar-refractivity contribution in [3.05, 3.63) is 59.1 Å². The SMILES string of the molecule is Cn1cnc2ccc(Nc3ccccc3)nc2c1=O. The Bertz CT molecular complexity index is 780. The molecule has 1 aromatic carbocycles. The van der Waals surface area contributed by atoms with E-state index in [9.17, 15) is 4.79 Å². The maximum atomic E-state index is 12.0. The summed E-state index contributed by atoms with van der Waals surface area (Å²) >= 11 is 0. The lowest BCUT2D eigenvalue weighted by Crippen LogP contribution is -2.18. The minimum Gasteiger partial charge on any atom is -0.340 e. The van der Waals surface area contributed by atoms with Crippen molar-refractivity contribution in [2.75, 3.05) is 5.32 Å². The van der Waals surface area contributed by atoms with Crippen LogP contribution in [0, 0.1) is 0 Å². The lowest BCUT2D eigenvalue weighted by atomic mass is 10.3. The Hall–Kier alpha value is -2.69. The van der Waals surface area contributed by atoms with Gasteiger partial charge in [0.15, 0.2) is 5.52 Å². The van der Waals surface area contributed by atoms with E-state index in [2.05, 4.69) is 15.3 Å². The van der Waals surface area contributed by atoms with Crippen molar-refractivity contribution in [2.24, 2.45) is 7.05 Å². The van der Waals surface area contributed by atoms with Gasteiger partial charge in [-0.1, -0.05) is 18.2 Å². The van der Waals surface area contributed by atoms with Crippen molar-refractivity contribution in [1.29, 1.82) is 0 Å². The summed E-state index contributed by atoms with van der Waals surface area (Å²) in [5.41, 5.74) is 1.74. The van der Waals surface area contributed by atoms with Crippen LogP contribution in [0.15, 0.2) is 53.6 Å². The zero-order valence-electron chi connectivity index (χ0n) is 10.4. The van der Waals surface area contributed by atoms with Crippen LogP contribution >= 0.6 is 0 Å². The van der Waals surface area contributed by atoms with E-state index in [0.717, 1.165) is 5.69 Å². The molecular weight excluding hydrogens is 240 g/mol. The fourth-order valence-corrected chi connectivity index (χ4v) is 1.82. The third-order valence-corrected chi connectivity index (χ3v) is 2.81. The first kappa shape index (κ1) is 11.4. The normalized spacial score (nSPS) is 10.6. The summed E-state index contributed by atoms with van der Waals surface area (Å²) in [7, 11) is 1.66. The van der Waals surface area contributed by atoms with Crippen molar-refractivity contribution in [3.63, 3.8) is 0 Å². The van der Waals surface area contributed by atoms with Gasteiger partial charge in [-0.15, -0.1) is 0 Å². The number of nitrogens with one attached hydrogen (secondary N) is 1. The van der Waals surface area contributed by atoms with E-state index in [4.69, 9.17) is 0 Å². The molecular formula is C14H12N4O. The van der Waals surface area contributed by atoms with Gasteiger partial charge in [0.2, 0.25) is 0 Å². The Morgan fingerprint density at radius 1 is 1.11 bits per heavy atom. The van der Waals surface area contributed by atoms with Gasteiger partial charge in [0.05, 0.1) is 11.8 Å². The molecule has 0 aliphatic heterocycles. The summed E-state index contributed by atoms with van der Waals surface area (Å²) < 4.78 is 1.42. The Balaban J connectivity index is 2.07. The lowest BCUT2D eigenvalue weighted by molar-refractivity contribution is 0.839. The summed E-state index contributed by atoms with van der Waals surface area (Å²) in [6, 6.07) is 13.3. The van der Waals surface area contributed by atoms with E-state index >= 15 is 0 Å². The van der Waals surface area contributed by atoms with Gasteiger partial charge in [0, 0.05) is 12.7 Å². The van der Waals surface area contributed by atoms with Gasteiger partial charge in [-0.25, -0.2) is 9.97 Å². The third-order valence-electron chi connectivity index (χ3n) is 2.81. The van der Waals surface area contributed by atoms with E-state index in [1.807, 2.05) is 36.4 Å². The number of para-hydroxylation sites is 1. The molecule has 3 aromatic rings. The van der Waals surface area contributed by atoms with Crippen LogP contribution in [0.25, 0.3) is 11.0 Å². The predicted octanol–water partition coefficient (Wildman–Crippen LogP) is 2.07. The fraction of sp³-hybridized carbons (Fsp3) is 0.0714. The van der Waals surface area contributed by atoms with Crippen molar-refractivity contribution >= 4 is 22.5 Å². The topological polar surface area (TPSA) is 59.8 Å². The van der Waals surface area contributed by atoms with Crippen molar-refractivity contribution < 1.29 is 0 Å². The molecule has 5 heteroatoms. The zero-order chi connectivity index (χ0) is 13.2. The molecule has 1 N–H and O–H groups in total. The molecule has 0 spiro atoms. The van der Waals surface area contributed by atoms with Gasteiger partial charge in [-0.2, -0.15) is 0 Å². The van der Waals surface area contributed by atoms with Crippen LogP contribution in [0.1, 0.15) is 0 Å². The minimum atomic E-state index is -0.151. The summed E-state index contributed by atoms with van der Waals surface area (Å²) in [5, 5.41) is 3.16. The first-order chi connectivity index (χ1) is 9.24. The molecule has 19 heavy (non-hydrogen) atoms. The quantitative estimate of drug-likeness (QED) is 0.758. The molecule has 0 aliphatic carbocycles. The Kier molecular flexibility index (Phi) is 2.72. The number of anilines is 2. The van der Waals surface area contributed by atoms with Crippen molar-refractivity contribution in [2.45, 2.75) is 0 Å². The Morgan fingerprint density at radius 2 is 1.89 bits per heavy atom. The first-order valence-electron chi connectivity index (χ1n) is 5.88. The van der Waals surface area contributed by atoms with Crippen LogP contribution in [-0.4, -0.2) is 14.5 Å². The van der Waals surface area contributed by atoms with Crippen LogP contribution in [0.4, 0.5) is 11.5 Å². The molecule has 0 radical (unpaired) electrons. The van der Waals surface area contributed by atoms with E-state index in [-0.39, 0.29) is 5.56 Å². The van der Waals surface area contributed by atoms with E-state index in [1.165, 1.54) is 10.9 Å². The molecule has 0 saturated carbocycles. The Labute approximate surface area is 109 Å². The molecule has 0 aliphatic rings. The highest BCUT2D eigenvalue weighted by atomic mass is 16.1. The molecule has 0 bridgehead atoms. The van der Waals surface area contributed by atoms with Crippen LogP contribution in [-0.2, 0) is 7.05 Å².